The summed E-state index contributed by atoms with van der Waals surface area (Å²) in [5.74, 6) is 0.861. The third kappa shape index (κ3) is 3.27. The molecular weight excluding hydrogens is 236 g/mol. The Morgan fingerprint density at radius 2 is 1.84 bits per heavy atom. The van der Waals surface area contributed by atoms with Crippen molar-refractivity contribution in [1.29, 1.82) is 5.26 Å². The van der Waals surface area contributed by atoms with Crippen molar-refractivity contribution in [2.75, 3.05) is 20.2 Å². The van der Waals surface area contributed by atoms with Gasteiger partial charge in [0, 0.05) is 6.42 Å². The number of hydrogen-bond donors (Lipinski definition) is 0. The van der Waals surface area contributed by atoms with E-state index in [4.69, 9.17) is 4.74 Å². The van der Waals surface area contributed by atoms with Crippen LogP contribution in [0.2, 0.25) is 0 Å². The van der Waals surface area contributed by atoms with Gasteiger partial charge in [0.05, 0.1) is 13.2 Å². The van der Waals surface area contributed by atoms with Crippen molar-refractivity contribution >= 4 is 0 Å². The van der Waals surface area contributed by atoms with E-state index in [1.54, 1.807) is 7.11 Å². The van der Waals surface area contributed by atoms with Gasteiger partial charge in [-0.1, -0.05) is 18.6 Å². The fourth-order valence-corrected chi connectivity index (χ4v) is 2.75. The van der Waals surface area contributed by atoms with E-state index in [9.17, 15) is 5.26 Å². The van der Waals surface area contributed by atoms with E-state index in [1.165, 1.54) is 24.8 Å². The molecule has 1 heterocycles. The Bertz CT molecular complexity index is 443. The monoisotopic (exact) mass is 258 g/mol. The fraction of sp³-hybridized carbons (Fsp3) is 0.562. The molecule has 1 aliphatic heterocycles. The fourth-order valence-electron chi connectivity index (χ4n) is 2.75. The predicted octanol–water partition coefficient (Wildman–Crippen LogP) is 3.01. The molecule has 0 aromatic heterocycles. The molecule has 1 fully saturated rings. The highest BCUT2D eigenvalue weighted by Crippen LogP contribution is 2.25. The summed E-state index contributed by atoms with van der Waals surface area (Å²) in [6, 6.07) is 10.6. The number of likely N-dealkylation sites (tertiary alicyclic amines) is 1. The maximum absolute atomic E-state index is 9.58. The topological polar surface area (TPSA) is 36.3 Å². The van der Waals surface area contributed by atoms with Crippen molar-refractivity contribution in [2.24, 2.45) is 0 Å². The van der Waals surface area contributed by atoms with Crippen molar-refractivity contribution in [1.82, 2.24) is 4.90 Å². The summed E-state index contributed by atoms with van der Waals surface area (Å²) >= 11 is 0. The Kier molecular flexibility index (Phi) is 4.44. The maximum Gasteiger partial charge on any atom is 0.118 e. The molecule has 1 aromatic rings. The van der Waals surface area contributed by atoms with Gasteiger partial charge < -0.3 is 4.74 Å². The molecule has 1 aliphatic rings. The molecule has 3 nitrogen and oxygen atoms in total. The van der Waals surface area contributed by atoms with E-state index < -0.39 is 5.54 Å². The highest BCUT2D eigenvalue weighted by molar-refractivity contribution is 5.29. The van der Waals surface area contributed by atoms with Crippen LogP contribution in [0, 0.1) is 11.3 Å². The number of nitrogens with zero attached hydrogens (tertiary/aromatic N) is 2. The summed E-state index contributed by atoms with van der Waals surface area (Å²) < 4.78 is 5.17. The summed E-state index contributed by atoms with van der Waals surface area (Å²) in [5.41, 5.74) is 0.796. The van der Waals surface area contributed by atoms with Crippen molar-refractivity contribution in [3.63, 3.8) is 0 Å². The molecule has 102 valence electrons. The second kappa shape index (κ2) is 6.08. The first-order valence-electron chi connectivity index (χ1n) is 6.97. The van der Waals surface area contributed by atoms with Gasteiger partial charge in [-0.3, -0.25) is 4.90 Å². The molecule has 0 radical (unpaired) electrons. The predicted molar refractivity (Wildman–Crippen MR) is 76.1 cm³/mol. The summed E-state index contributed by atoms with van der Waals surface area (Å²) in [5, 5.41) is 9.58. The van der Waals surface area contributed by atoms with E-state index in [1.807, 2.05) is 12.1 Å². The van der Waals surface area contributed by atoms with Gasteiger partial charge in [0.1, 0.15) is 11.3 Å². The SMILES string of the molecule is COc1ccc(CC(C)(C#N)N2CCCCC2)cc1. The Hall–Kier alpha value is -1.53. The number of methoxy groups -OCH3 is 1. The molecule has 0 amide bonds. The molecule has 0 saturated carbocycles. The van der Waals surface area contributed by atoms with E-state index in [0.717, 1.165) is 25.3 Å². The molecule has 2 rings (SSSR count). The number of benzene rings is 1. The molecule has 1 saturated heterocycles. The molecule has 19 heavy (non-hydrogen) atoms. The minimum atomic E-state index is -0.394. The Morgan fingerprint density at radius 3 is 2.37 bits per heavy atom. The van der Waals surface area contributed by atoms with Crippen molar-refractivity contribution in [2.45, 2.75) is 38.1 Å². The first kappa shape index (κ1) is 13.9. The zero-order chi connectivity index (χ0) is 13.7. The van der Waals surface area contributed by atoms with Gasteiger partial charge in [0.25, 0.3) is 0 Å². The summed E-state index contributed by atoms with van der Waals surface area (Å²) in [6.07, 6.45) is 4.48. The Labute approximate surface area is 115 Å². The standard InChI is InChI=1S/C16H22N2O/c1-16(13-17,18-10-4-3-5-11-18)12-14-6-8-15(19-2)9-7-14/h6-9H,3-5,10-12H2,1-2H3. The third-order valence-corrected chi connectivity index (χ3v) is 4.00. The number of piperidine rings is 1. The molecular formula is C16H22N2O. The quantitative estimate of drug-likeness (QED) is 0.833. The maximum atomic E-state index is 9.58. The lowest BCUT2D eigenvalue weighted by Gasteiger charge is -2.38. The minimum Gasteiger partial charge on any atom is -0.497 e. The second-order valence-corrected chi connectivity index (χ2v) is 5.46. The average Bonchev–Trinajstić information content (AvgIpc) is 2.49. The number of ether oxygens (including phenoxy) is 1. The molecule has 0 bridgehead atoms. The molecule has 3 heteroatoms. The van der Waals surface area contributed by atoms with Gasteiger partial charge in [0.15, 0.2) is 0 Å². The lowest BCUT2D eigenvalue weighted by Crippen LogP contribution is -2.49. The van der Waals surface area contributed by atoms with Crippen LogP contribution in [0.5, 0.6) is 5.75 Å². The lowest BCUT2D eigenvalue weighted by molar-refractivity contribution is 0.124. The Balaban J connectivity index is 2.10. The first-order chi connectivity index (χ1) is 9.18. The molecule has 1 unspecified atom stereocenters. The highest BCUT2D eigenvalue weighted by atomic mass is 16.5. The summed E-state index contributed by atoms with van der Waals surface area (Å²) in [6.45, 7) is 4.14. The second-order valence-electron chi connectivity index (χ2n) is 5.46. The van der Waals surface area contributed by atoms with Crippen LogP contribution in [0.1, 0.15) is 31.7 Å². The van der Waals surface area contributed by atoms with Crippen LogP contribution in [0.25, 0.3) is 0 Å². The number of hydrogen-bond acceptors (Lipinski definition) is 3. The average molecular weight is 258 g/mol. The van der Waals surface area contributed by atoms with E-state index in [0.29, 0.717) is 0 Å². The van der Waals surface area contributed by atoms with Crippen LogP contribution in [-0.2, 0) is 6.42 Å². The van der Waals surface area contributed by atoms with E-state index >= 15 is 0 Å². The molecule has 1 aromatic carbocycles. The zero-order valence-corrected chi connectivity index (χ0v) is 11.9. The van der Waals surface area contributed by atoms with Gasteiger partial charge >= 0.3 is 0 Å². The number of rotatable bonds is 4. The first-order valence-corrected chi connectivity index (χ1v) is 6.97. The van der Waals surface area contributed by atoms with Gasteiger partial charge in [-0.25, -0.2) is 0 Å². The van der Waals surface area contributed by atoms with Crippen molar-refractivity contribution in [3.05, 3.63) is 29.8 Å². The van der Waals surface area contributed by atoms with Crippen molar-refractivity contribution < 1.29 is 4.74 Å². The normalized spacial score (nSPS) is 19.4. The van der Waals surface area contributed by atoms with Crippen LogP contribution < -0.4 is 4.74 Å². The highest BCUT2D eigenvalue weighted by Gasteiger charge is 2.32. The van der Waals surface area contributed by atoms with E-state index in [-0.39, 0.29) is 0 Å². The minimum absolute atomic E-state index is 0.394. The van der Waals surface area contributed by atoms with Crippen molar-refractivity contribution in [3.8, 4) is 11.8 Å². The molecule has 0 aliphatic carbocycles. The van der Waals surface area contributed by atoms with Crippen LogP contribution in [0.4, 0.5) is 0 Å². The lowest BCUT2D eigenvalue weighted by atomic mass is 9.90. The van der Waals surface area contributed by atoms with Gasteiger partial charge in [-0.2, -0.15) is 5.26 Å². The van der Waals surface area contributed by atoms with Crippen LogP contribution in [0.15, 0.2) is 24.3 Å². The largest absolute Gasteiger partial charge is 0.497 e. The number of nitriles is 1. The summed E-state index contributed by atoms with van der Waals surface area (Å²) in [7, 11) is 1.67. The molecule has 0 N–H and O–H groups in total. The molecule has 0 spiro atoms. The Morgan fingerprint density at radius 1 is 1.21 bits per heavy atom. The zero-order valence-electron chi connectivity index (χ0n) is 11.9. The smallest absolute Gasteiger partial charge is 0.118 e. The van der Waals surface area contributed by atoms with Crippen LogP contribution in [0.3, 0.4) is 0 Å². The molecule has 1 atom stereocenters. The van der Waals surface area contributed by atoms with Gasteiger partial charge in [-0.05, 0) is 50.6 Å². The van der Waals surface area contributed by atoms with Crippen LogP contribution in [-0.4, -0.2) is 30.6 Å². The van der Waals surface area contributed by atoms with E-state index in [2.05, 4.69) is 30.0 Å². The van der Waals surface area contributed by atoms with Crippen LogP contribution >= 0.6 is 0 Å². The van der Waals surface area contributed by atoms with Gasteiger partial charge in [-0.15, -0.1) is 0 Å². The summed E-state index contributed by atoms with van der Waals surface area (Å²) in [4.78, 5) is 2.33. The third-order valence-electron chi connectivity index (χ3n) is 4.00. The van der Waals surface area contributed by atoms with Gasteiger partial charge in [0.2, 0.25) is 0 Å².